The van der Waals surface area contributed by atoms with Crippen LogP contribution in [0.3, 0.4) is 0 Å². The average Bonchev–Trinajstić information content (AvgIpc) is 2.90. The van der Waals surface area contributed by atoms with Crippen LogP contribution in [0.15, 0.2) is 0 Å². The summed E-state index contributed by atoms with van der Waals surface area (Å²) in [6.45, 7) is 17.3. The predicted molar refractivity (Wildman–Crippen MR) is 186 cm³/mol. The molecule has 236 valence electrons. The molecule has 0 aliphatic heterocycles. The second-order valence-corrected chi connectivity index (χ2v) is 22.7. The maximum atomic E-state index is 7.61. The van der Waals surface area contributed by atoms with Crippen molar-refractivity contribution >= 4 is 16.6 Å². The van der Waals surface area contributed by atoms with Crippen molar-refractivity contribution in [2.24, 2.45) is 0 Å². The van der Waals surface area contributed by atoms with E-state index in [-0.39, 0.29) is 0 Å². The molecule has 0 rings (SSSR count). The Kier molecular flexibility index (Phi) is 27.5. The van der Waals surface area contributed by atoms with E-state index in [1.165, 1.54) is 179 Å². The van der Waals surface area contributed by atoms with Crippen molar-refractivity contribution in [2.75, 3.05) is 0 Å². The van der Waals surface area contributed by atoms with Gasteiger partial charge in [-0.15, -0.1) is 0 Å². The molecule has 1 nitrogen and oxygen atoms in total. The molecule has 0 aliphatic rings. The van der Waals surface area contributed by atoms with Gasteiger partial charge in [0.1, 0.15) is 0 Å². The molecule has 0 aromatic heterocycles. The Labute approximate surface area is 252 Å². The molecule has 0 saturated heterocycles. The van der Waals surface area contributed by atoms with E-state index in [9.17, 15) is 0 Å². The summed E-state index contributed by atoms with van der Waals surface area (Å²) in [5.74, 6) is 0. The van der Waals surface area contributed by atoms with Crippen LogP contribution in [0, 0.1) is 0 Å². The van der Waals surface area contributed by atoms with Crippen LogP contribution in [-0.4, -0.2) is 16.6 Å². The molecule has 0 bridgehead atoms. The normalized spacial score (nSPS) is 12.6. The van der Waals surface area contributed by atoms with Crippen LogP contribution in [0.2, 0.25) is 37.3 Å². The van der Waals surface area contributed by atoms with Gasteiger partial charge in [-0.3, -0.25) is 0 Å². The maximum Gasteiger partial charge on any atom is 0.176 e. The smallest absolute Gasteiger partial charge is 0.176 e. The Bertz CT molecular complexity index is 460. The first-order valence-corrected chi connectivity index (χ1v) is 24.4. The lowest BCUT2D eigenvalue weighted by Crippen LogP contribution is -2.49. The number of unbranched alkanes of at least 4 members (excludes halogenated alkanes) is 20. The van der Waals surface area contributed by atoms with Gasteiger partial charge in [0.15, 0.2) is 16.6 Å². The molecule has 0 fully saturated rings. The highest BCUT2D eigenvalue weighted by molar-refractivity contribution is 6.86. The summed E-state index contributed by atoms with van der Waals surface area (Å²) in [6, 6.07) is 2.84. The molecule has 0 saturated carbocycles. The summed E-state index contributed by atoms with van der Waals surface area (Å²) in [6.07, 6.45) is 37.0. The number of rotatable bonds is 31. The zero-order valence-electron chi connectivity index (χ0n) is 28.8. The summed E-state index contributed by atoms with van der Waals surface area (Å²) < 4.78 is 7.61. The minimum Gasteiger partial charge on any atom is -0.455 e. The number of hydrogen-bond acceptors (Lipinski definition) is 1. The second kappa shape index (κ2) is 27.2. The lowest BCUT2D eigenvalue weighted by atomic mass is 10.0. The quantitative estimate of drug-likeness (QED) is 0.0583. The zero-order chi connectivity index (χ0) is 29.1. The maximum absolute atomic E-state index is 7.61. The van der Waals surface area contributed by atoms with Crippen LogP contribution >= 0.6 is 0 Å². The van der Waals surface area contributed by atoms with Crippen molar-refractivity contribution in [2.45, 2.75) is 232 Å². The monoisotopic (exact) mass is 583 g/mol. The van der Waals surface area contributed by atoms with Crippen molar-refractivity contribution in [1.29, 1.82) is 0 Å². The highest BCUT2D eigenvalue weighted by Gasteiger charge is 2.40. The minimum absolute atomic E-state index is 0.871. The van der Waals surface area contributed by atoms with Gasteiger partial charge in [-0.2, -0.15) is 0 Å². The Morgan fingerprint density at radius 3 is 1.00 bits per heavy atom. The van der Waals surface area contributed by atoms with Gasteiger partial charge in [-0.1, -0.05) is 195 Å². The van der Waals surface area contributed by atoms with Crippen molar-refractivity contribution in [1.82, 2.24) is 0 Å². The summed E-state index contributed by atoms with van der Waals surface area (Å²) in [4.78, 5) is 0. The molecular weight excluding hydrogens is 505 g/mol. The second-order valence-electron chi connectivity index (χ2n) is 14.0. The largest absolute Gasteiger partial charge is 0.455 e. The van der Waals surface area contributed by atoms with Crippen LogP contribution in [0.5, 0.6) is 0 Å². The molecule has 0 radical (unpaired) electrons. The van der Waals surface area contributed by atoms with Gasteiger partial charge in [0, 0.05) is 0 Å². The summed E-state index contributed by atoms with van der Waals surface area (Å²) in [5, 5.41) is 0. The fourth-order valence-electron chi connectivity index (χ4n) is 6.69. The third kappa shape index (κ3) is 23.6. The highest BCUT2D eigenvalue weighted by atomic mass is 28.4. The SMILES string of the molecule is CCCCCCCCC(CCCCCCCC)[Si](C)(C)O[Si](C)(CCCCCCCC)CCCCCCCC. The molecule has 0 aliphatic carbocycles. The Balaban J connectivity index is 5.14. The van der Waals surface area contributed by atoms with Gasteiger partial charge in [-0.05, 0) is 37.3 Å². The first-order chi connectivity index (χ1) is 18.8. The van der Waals surface area contributed by atoms with Crippen molar-refractivity contribution in [3.8, 4) is 0 Å². The third-order valence-corrected chi connectivity index (χ3v) is 18.9. The van der Waals surface area contributed by atoms with E-state index in [4.69, 9.17) is 4.12 Å². The Morgan fingerprint density at radius 2 is 0.667 bits per heavy atom. The highest BCUT2D eigenvalue weighted by Crippen LogP contribution is 2.38. The van der Waals surface area contributed by atoms with Crippen molar-refractivity contribution in [3.63, 3.8) is 0 Å². The van der Waals surface area contributed by atoms with Gasteiger partial charge < -0.3 is 4.12 Å². The topological polar surface area (TPSA) is 9.23 Å². The zero-order valence-corrected chi connectivity index (χ0v) is 30.8. The summed E-state index contributed by atoms with van der Waals surface area (Å²) in [5.41, 5.74) is 0.871. The summed E-state index contributed by atoms with van der Waals surface area (Å²) in [7, 11) is -3.37. The molecule has 0 heterocycles. The Hall–Kier alpha value is 0.394. The standard InChI is InChI=1S/C36H78OSi2/c1-8-12-16-20-24-28-32-36(33-29-25-21-17-13-9-2)38(5,6)37-39(7,34-30-26-22-18-14-10-3)35-31-27-23-19-15-11-4/h36H,8-35H2,1-7H3. The van der Waals surface area contributed by atoms with Crippen LogP contribution in [0.25, 0.3) is 0 Å². The fraction of sp³-hybridized carbons (Fsp3) is 1.00. The average molecular weight is 583 g/mol. The van der Waals surface area contributed by atoms with E-state index in [0.717, 1.165) is 5.54 Å². The first kappa shape index (κ1) is 39.4. The summed E-state index contributed by atoms with van der Waals surface area (Å²) >= 11 is 0. The lowest BCUT2D eigenvalue weighted by molar-refractivity contribution is 0.453. The van der Waals surface area contributed by atoms with Gasteiger partial charge >= 0.3 is 0 Å². The van der Waals surface area contributed by atoms with Crippen molar-refractivity contribution < 1.29 is 4.12 Å². The molecule has 3 heteroatoms. The molecule has 0 aromatic rings. The van der Waals surface area contributed by atoms with Crippen LogP contribution < -0.4 is 0 Å². The van der Waals surface area contributed by atoms with Gasteiger partial charge in [-0.25, -0.2) is 0 Å². The fourth-order valence-corrected chi connectivity index (χ4v) is 17.3. The van der Waals surface area contributed by atoms with E-state index in [1.54, 1.807) is 0 Å². The van der Waals surface area contributed by atoms with Gasteiger partial charge in [0.2, 0.25) is 0 Å². The molecule has 0 N–H and O–H groups in total. The third-order valence-electron chi connectivity index (χ3n) is 9.42. The first-order valence-electron chi connectivity index (χ1n) is 18.5. The van der Waals surface area contributed by atoms with E-state index >= 15 is 0 Å². The minimum atomic E-state index is -1.72. The molecule has 0 spiro atoms. The lowest BCUT2D eigenvalue weighted by Gasteiger charge is -2.41. The van der Waals surface area contributed by atoms with Crippen LogP contribution in [0.4, 0.5) is 0 Å². The van der Waals surface area contributed by atoms with E-state index in [2.05, 4.69) is 47.3 Å². The molecule has 0 unspecified atom stereocenters. The van der Waals surface area contributed by atoms with Crippen LogP contribution in [-0.2, 0) is 4.12 Å². The van der Waals surface area contributed by atoms with E-state index in [0.29, 0.717) is 0 Å². The van der Waals surface area contributed by atoms with E-state index < -0.39 is 16.6 Å². The predicted octanol–water partition coefficient (Wildman–Crippen LogP) is 14.4. The van der Waals surface area contributed by atoms with Gasteiger partial charge in [0.25, 0.3) is 0 Å². The molecule has 0 amide bonds. The molecule has 0 aromatic carbocycles. The molecular formula is C36H78OSi2. The number of hydrogen-bond donors (Lipinski definition) is 0. The van der Waals surface area contributed by atoms with Crippen LogP contribution in [0.1, 0.15) is 195 Å². The van der Waals surface area contributed by atoms with Gasteiger partial charge in [0.05, 0.1) is 0 Å². The Morgan fingerprint density at radius 1 is 0.385 bits per heavy atom. The van der Waals surface area contributed by atoms with Crippen molar-refractivity contribution in [3.05, 3.63) is 0 Å². The van der Waals surface area contributed by atoms with E-state index in [1.807, 2.05) is 0 Å². The molecule has 39 heavy (non-hydrogen) atoms. The molecule has 0 atom stereocenters.